The van der Waals surface area contributed by atoms with E-state index < -0.39 is 0 Å². The minimum absolute atomic E-state index is 0.294. The van der Waals surface area contributed by atoms with Gasteiger partial charge in [0.25, 0.3) is 0 Å². The number of fused-ring (bicyclic) bond motifs is 1. The second-order valence-electron chi connectivity index (χ2n) is 6.28. The predicted octanol–water partition coefficient (Wildman–Crippen LogP) is 6.43. The molecule has 0 saturated carbocycles. The lowest BCUT2D eigenvalue weighted by atomic mass is 10.1. The van der Waals surface area contributed by atoms with Crippen LogP contribution >= 0.6 is 34.5 Å². The van der Waals surface area contributed by atoms with Crippen molar-refractivity contribution in [2.45, 2.75) is 18.9 Å². The molecule has 0 fully saturated rings. The maximum absolute atomic E-state index is 11.6. The Hall–Kier alpha value is -2.34. The van der Waals surface area contributed by atoms with Crippen LogP contribution in [0.4, 0.5) is 0 Å². The Labute approximate surface area is 176 Å². The number of aromatic nitrogens is 2. The van der Waals surface area contributed by atoms with Gasteiger partial charge < -0.3 is 4.74 Å². The lowest BCUT2D eigenvalue weighted by Crippen LogP contribution is -2.04. The predicted molar refractivity (Wildman–Crippen MR) is 114 cm³/mol. The average Bonchev–Trinajstić information content (AvgIpc) is 3.31. The Morgan fingerprint density at radius 3 is 2.82 bits per heavy atom. The number of ether oxygens (including phenoxy) is 1. The summed E-state index contributed by atoms with van der Waals surface area (Å²) in [5.41, 5.74) is 3.67. The Balaban J connectivity index is 1.71. The van der Waals surface area contributed by atoms with Crippen LogP contribution in [0.3, 0.4) is 0 Å². The summed E-state index contributed by atoms with van der Waals surface area (Å²) >= 11 is 13.6. The monoisotopic (exact) mass is 430 g/mol. The fourth-order valence-corrected chi connectivity index (χ4v) is 4.39. The van der Waals surface area contributed by atoms with Crippen LogP contribution in [0, 0.1) is 0 Å². The van der Waals surface area contributed by atoms with Crippen molar-refractivity contribution in [2.75, 3.05) is 0 Å². The first-order valence-corrected chi connectivity index (χ1v) is 10.4. The summed E-state index contributed by atoms with van der Waals surface area (Å²) in [6.45, 7) is 1.91. The van der Waals surface area contributed by atoms with E-state index in [1.807, 2.05) is 60.0 Å². The van der Waals surface area contributed by atoms with Gasteiger partial charge in [-0.05, 0) is 30.7 Å². The van der Waals surface area contributed by atoms with Crippen molar-refractivity contribution in [1.29, 1.82) is 0 Å². The fraction of sp³-hybridized carbons (Fsp3) is 0.143. The first-order valence-electron chi connectivity index (χ1n) is 8.63. The van der Waals surface area contributed by atoms with Crippen LogP contribution < -0.4 is 4.74 Å². The molecule has 0 spiro atoms. The van der Waals surface area contributed by atoms with Crippen molar-refractivity contribution in [3.8, 4) is 10.8 Å². The van der Waals surface area contributed by atoms with Gasteiger partial charge >= 0.3 is 0 Å². The van der Waals surface area contributed by atoms with Crippen LogP contribution in [-0.4, -0.2) is 15.8 Å². The molecule has 0 radical (unpaired) electrons. The number of carbonyl (C=O) groups is 1. The third-order valence-corrected chi connectivity index (χ3v) is 6.16. The van der Waals surface area contributed by atoms with Gasteiger partial charge in [-0.2, -0.15) is 0 Å². The average molecular weight is 431 g/mol. The molecule has 0 N–H and O–H groups in total. The van der Waals surface area contributed by atoms with Crippen molar-refractivity contribution in [3.63, 3.8) is 0 Å². The Bertz CT molecular complexity index is 1150. The molecule has 0 aliphatic heterocycles. The van der Waals surface area contributed by atoms with Gasteiger partial charge in [0.05, 0.1) is 11.0 Å². The van der Waals surface area contributed by atoms with E-state index in [0.29, 0.717) is 21.5 Å². The van der Waals surface area contributed by atoms with Crippen molar-refractivity contribution in [1.82, 2.24) is 9.55 Å². The molecule has 0 unspecified atom stereocenters. The lowest BCUT2D eigenvalue weighted by Gasteiger charge is -2.15. The second-order valence-corrected chi connectivity index (χ2v) is 8.02. The highest BCUT2D eigenvalue weighted by Crippen LogP contribution is 2.36. The maximum Gasteiger partial charge on any atom is 0.163 e. The van der Waals surface area contributed by atoms with Gasteiger partial charge in [0.15, 0.2) is 6.29 Å². The smallest absolute Gasteiger partial charge is 0.163 e. The SMILES string of the molecule is C[C@@H](Oc1cc(-n2cnc3ccc(CCl)cc32)sc1C=O)c1ccccc1Cl. The van der Waals surface area contributed by atoms with E-state index >= 15 is 0 Å². The van der Waals surface area contributed by atoms with E-state index in [9.17, 15) is 4.79 Å². The lowest BCUT2D eigenvalue weighted by molar-refractivity contribution is 0.112. The highest BCUT2D eigenvalue weighted by molar-refractivity contribution is 7.16. The number of hydrogen-bond donors (Lipinski definition) is 0. The van der Waals surface area contributed by atoms with Crippen LogP contribution in [0.1, 0.15) is 33.8 Å². The van der Waals surface area contributed by atoms with Crippen molar-refractivity contribution in [3.05, 3.63) is 75.9 Å². The summed E-state index contributed by atoms with van der Waals surface area (Å²) in [6, 6.07) is 15.3. The van der Waals surface area contributed by atoms with E-state index in [1.165, 1.54) is 11.3 Å². The number of benzene rings is 2. The molecule has 0 aliphatic carbocycles. The molecule has 0 aliphatic rings. The Kier molecular flexibility index (Phi) is 5.40. The first-order chi connectivity index (χ1) is 13.6. The molecule has 2 aromatic heterocycles. The number of alkyl halides is 1. The molecule has 0 bridgehead atoms. The zero-order valence-electron chi connectivity index (χ0n) is 14.9. The minimum Gasteiger partial charge on any atom is -0.484 e. The summed E-state index contributed by atoms with van der Waals surface area (Å²) < 4.78 is 8.02. The van der Waals surface area contributed by atoms with E-state index in [4.69, 9.17) is 27.9 Å². The van der Waals surface area contributed by atoms with Gasteiger partial charge in [-0.1, -0.05) is 35.9 Å². The molecule has 0 saturated heterocycles. The number of rotatable bonds is 6. The molecule has 4 aromatic rings. The van der Waals surface area contributed by atoms with E-state index in [-0.39, 0.29) is 6.10 Å². The second kappa shape index (κ2) is 7.95. The molecule has 142 valence electrons. The molecule has 28 heavy (non-hydrogen) atoms. The summed E-state index contributed by atoms with van der Waals surface area (Å²) in [5.74, 6) is 0.951. The Morgan fingerprint density at radius 1 is 1.25 bits per heavy atom. The van der Waals surface area contributed by atoms with E-state index in [1.54, 1.807) is 6.33 Å². The number of aldehydes is 1. The number of nitrogens with zero attached hydrogens (tertiary/aromatic N) is 2. The molecular weight excluding hydrogens is 415 g/mol. The molecule has 4 nitrogen and oxygen atoms in total. The van der Waals surface area contributed by atoms with Crippen LogP contribution in [0.15, 0.2) is 54.9 Å². The summed E-state index contributed by atoms with van der Waals surface area (Å²) in [7, 11) is 0. The minimum atomic E-state index is -0.294. The number of carbonyl (C=O) groups excluding carboxylic acids is 1. The first kappa shape index (κ1) is 19.0. The van der Waals surface area contributed by atoms with Gasteiger partial charge in [-0.3, -0.25) is 9.36 Å². The zero-order valence-corrected chi connectivity index (χ0v) is 17.3. The third kappa shape index (κ3) is 3.53. The van der Waals surface area contributed by atoms with Gasteiger partial charge in [0, 0.05) is 22.5 Å². The van der Waals surface area contributed by atoms with Crippen LogP contribution in [0.2, 0.25) is 5.02 Å². The molecule has 2 heterocycles. The molecule has 1 atom stereocenters. The number of halogens is 2. The normalized spacial score (nSPS) is 12.2. The third-order valence-electron chi connectivity index (χ3n) is 4.47. The molecule has 0 amide bonds. The highest BCUT2D eigenvalue weighted by atomic mass is 35.5. The summed E-state index contributed by atoms with van der Waals surface area (Å²) in [5, 5.41) is 1.48. The summed E-state index contributed by atoms with van der Waals surface area (Å²) in [6.07, 6.45) is 2.26. The highest BCUT2D eigenvalue weighted by Gasteiger charge is 2.18. The quantitative estimate of drug-likeness (QED) is 0.261. The number of thiophene rings is 1. The molecule has 4 rings (SSSR count). The van der Waals surface area contributed by atoms with E-state index in [2.05, 4.69) is 4.98 Å². The molecule has 7 heteroatoms. The molecule has 2 aromatic carbocycles. The largest absolute Gasteiger partial charge is 0.484 e. The van der Waals surface area contributed by atoms with Gasteiger partial charge in [0.2, 0.25) is 0 Å². The maximum atomic E-state index is 11.6. The van der Waals surface area contributed by atoms with Crippen LogP contribution in [-0.2, 0) is 5.88 Å². The van der Waals surface area contributed by atoms with Gasteiger partial charge in [0.1, 0.15) is 28.1 Å². The number of hydrogen-bond acceptors (Lipinski definition) is 4. The molecular formula is C21H16Cl2N2O2S. The van der Waals surface area contributed by atoms with E-state index in [0.717, 1.165) is 33.4 Å². The van der Waals surface area contributed by atoms with Crippen LogP contribution in [0.5, 0.6) is 5.75 Å². The van der Waals surface area contributed by atoms with Gasteiger partial charge in [-0.25, -0.2) is 4.98 Å². The standard InChI is InChI=1S/C21H16Cl2N2O2S/c1-13(15-4-2-3-5-16(15)23)27-19-9-21(28-20(19)11-26)25-12-24-17-7-6-14(10-22)8-18(17)25/h2-9,11-13H,10H2,1H3/t13-/m1/s1. The summed E-state index contributed by atoms with van der Waals surface area (Å²) in [4.78, 5) is 16.6. The topological polar surface area (TPSA) is 44.1 Å². The Morgan fingerprint density at radius 2 is 2.07 bits per heavy atom. The van der Waals surface area contributed by atoms with Gasteiger partial charge in [-0.15, -0.1) is 22.9 Å². The fourth-order valence-electron chi connectivity index (χ4n) is 3.04. The van der Waals surface area contributed by atoms with Crippen molar-refractivity contribution in [2.24, 2.45) is 0 Å². The number of imidazole rings is 1. The zero-order chi connectivity index (χ0) is 19.7. The van der Waals surface area contributed by atoms with Crippen LogP contribution in [0.25, 0.3) is 16.0 Å². The van der Waals surface area contributed by atoms with Crippen molar-refractivity contribution >= 4 is 51.9 Å². The van der Waals surface area contributed by atoms with Crippen molar-refractivity contribution < 1.29 is 9.53 Å².